The van der Waals surface area contributed by atoms with E-state index in [1.165, 1.54) is 0 Å². The zero-order valence-corrected chi connectivity index (χ0v) is 7.42. The molecule has 0 aromatic carbocycles. The minimum absolute atomic E-state index is 0.269. The highest BCUT2D eigenvalue weighted by Crippen LogP contribution is 2.06. The minimum atomic E-state index is -0.269. The molecule has 2 heteroatoms. The molecule has 0 aliphatic heterocycles. The molecule has 0 unspecified atom stereocenters. The first-order valence-corrected chi connectivity index (χ1v) is 3.93. The van der Waals surface area contributed by atoms with Gasteiger partial charge in [-0.05, 0) is 18.9 Å². The summed E-state index contributed by atoms with van der Waals surface area (Å²) in [6, 6.07) is 0. The summed E-state index contributed by atoms with van der Waals surface area (Å²) in [6.45, 7) is 5.52. The third-order valence-electron chi connectivity index (χ3n) is 1.37. The Kier molecular flexibility index (Phi) is 5.70. The largest absolute Gasteiger partial charge is 0.370 e. The van der Waals surface area contributed by atoms with Crippen molar-refractivity contribution in [1.82, 2.24) is 0 Å². The van der Waals surface area contributed by atoms with Crippen molar-refractivity contribution in [3.05, 3.63) is 36.5 Å². The fraction of sp³-hybridized carbons (Fsp3) is 0.300. The molecule has 0 aromatic rings. The second-order valence-electron chi connectivity index (χ2n) is 2.44. The molecule has 12 heavy (non-hydrogen) atoms. The van der Waals surface area contributed by atoms with Gasteiger partial charge in [0.25, 0.3) is 0 Å². The first-order valence-electron chi connectivity index (χ1n) is 3.93. The summed E-state index contributed by atoms with van der Waals surface area (Å²) in [4.78, 5) is 10.5. The lowest BCUT2D eigenvalue weighted by Crippen LogP contribution is -2.09. The van der Waals surface area contributed by atoms with Gasteiger partial charge in [0.05, 0.1) is 0 Å². The van der Waals surface area contributed by atoms with E-state index in [9.17, 15) is 4.79 Å². The molecule has 1 amide bonds. The molecule has 0 aromatic heterocycles. The molecule has 0 saturated carbocycles. The lowest BCUT2D eigenvalue weighted by atomic mass is 10.1. The van der Waals surface area contributed by atoms with Gasteiger partial charge in [-0.2, -0.15) is 0 Å². The molecule has 2 nitrogen and oxygen atoms in total. The van der Waals surface area contributed by atoms with Crippen LogP contribution in [-0.4, -0.2) is 5.91 Å². The van der Waals surface area contributed by atoms with Crippen LogP contribution in [0.3, 0.4) is 0 Å². The predicted octanol–water partition coefficient (Wildman–Crippen LogP) is 1.94. The molecule has 0 atom stereocenters. The third kappa shape index (κ3) is 5.47. The second kappa shape index (κ2) is 6.40. The Labute approximate surface area is 73.5 Å². The normalized spacial score (nSPS) is 11.9. The van der Waals surface area contributed by atoms with Gasteiger partial charge in [-0.1, -0.05) is 30.9 Å². The fourth-order valence-corrected chi connectivity index (χ4v) is 0.855. The van der Waals surface area contributed by atoms with Gasteiger partial charge in [-0.15, -0.1) is 0 Å². The standard InChI is InChI=1S/C10H15NO/c1-3-5-9(6-4-2)7-8-10(11)12/h3-6H,1,7-8H2,2H3,(H2,11,12)/b6-4-,9-5+. The van der Waals surface area contributed by atoms with Crippen molar-refractivity contribution in [1.29, 1.82) is 0 Å². The summed E-state index contributed by atoms with van der Waals surface area (Å²) >= 11 is 0. The Morgan fingerprint density at radius 3 is 2.58 bits per heavy atom. The number of carbonyl (C=O) groups excluding carboxylic acids is 1. The monoisotopic (exact) mass is 165 g/mol. The Hall–Kier alpha value is -1.31. The zero-order chi connectivity index (χ0) is 9.40. The van der Waals surface area contributed by atoms with E-state index in [2.05, 4.69) is 6.58 Å². The van der Waals surface area contributed by atoms with Gasteiger partial charge in [0.1, 0.15) is 0 Å². The summed E-state index contributed by atoms with van der Waals surface area (Å²) < 4.78 is 0. The topological polar surface area (TPSA) is 43.1 Å². The van der Waals surface area contributed by atoms with Gasteiger partial charge in [-0.25, -0.2) is 0 Å². The Morgan fingerprint density at radius 2 is 2.17 bits per heavy atom. The highest BCUT2D eigenvalue weighted by molar-refractivity contribution is 5.74. The molecule has 66 valence electrons. The molecule has 0 spiro atoms. The van der Waals surface area contributed by atoms with Crippen LogP contribution in [0.25, 0.3) is 0 Å². The van der Waals surface area contributed by atoms with Gasteiger partial charge in [0, 0.05) is 6.42 Å². The van der Waals surface area contributed by atoms with E-state index in [0.29, 0.717) is 12.8 Å². The van der Waals surface area contributed by atoms with Gasteiger partial charge in [0.15, 0.2) is 0 Å². The highest BCUT2D eigenvalue weighted by Gasteiger charge is 1.95. The molecule has 0 bridgehead atoms. The molecule has 2 N–H and O–H groups in total. The number of carbonyl (C=O) groups is 1. The Bertz CT molecular complexity index is 214. The van der Waals surface area contributed by atoms with E-state index in [0.717, 1.165) is 5.57 Å². The van der Waals surface area contributed by atoms with Gasteiger partial charge < -0.3 is 5.73 Å². The molecule has 0 fully saturated rings. The molecule has 0 radical (unpaired) electrons. The number of nitrogens with two attached hydrogens (primary N) is 1. The molecule has 0 rings (SSSR count). The number of allylic oxidation sites excluding steroid dienone is 5. The predicted molar refractivity (Wildman–Crippen MR) is 51.5 cm³/mol. The average molecular weight is 165 g/mol. The lowest BCUT2D eigenvalue weighted by Gasteiger charge is -1.97. The van der Waals surface area contributed by atoms with Crippen LogP contribution in [-0.2, 0) is 4.79 Å². The maximum absolute atomic E-state index is 10.5. The van der Waals surface area contributed by atoms with Crippen molar-refractivity contribution < 1.29 is 4.79 Å². The number of amides is 1. The van der Waals surface area contributed by atoms with E-state index >= 15 is 0 Å². The van der Waals surface area contributed by atoms with Gasteiger partial charge in [0.2, 0.25) is 5.91 Å². The summed E-state index contributed by atoms with van der Waals surface area (Å²) in [5.41, 5.74) is 6.09. The smallest absolute Gasteiger partial charge is 0.217 e. The maximum atomic E-state index is 10.5. The molecule has 0 heterocycles. The van der Waals surface area contributed by atoms with Crippen molar-refractivity contribution >= 4 is 5.91 Å². The zero-order valence-electron chi connectivity index (χ0n) is 7.42. The Balaban J connectivity index is 4.05. The molecular formula is C10H15NO. The van der Waals surface area contributed by atoms with E-state index in [1.807, 2.05) is 25.2 Å². The highest BCUT2D eigenvalue weighted by atomic mass is 16.1. The molecule has 0 aliphatic rings. The van der Waals surface area contributed by atoms with Crippen LogP contribution < -0.4 is 5.73 Å². The van der Waals surface area contributed by atoms with Crippen LogP contribution >= 0.6 is 0 Å². The van der Waals surface area contributed by atoms with Crippen LogP contribution in [0, 0.1) is 0 Å². The van der Waals surface area contributed by atoms with E-state index in [-0.39, 0.29) is 5.91 Å². The Morgan fingerprint density at radius 1 is 1.50 bits per heavy atom. The van der Waals surface area contributed by atoms with Gasteiger partial charge >= 0.3 is 0 Å². The average Bonchev–Trinajstić information content (AvgIpc) is 2.01. The first-order chi connectivity index (χ1) is 5.70. The van der Waals surface area contributed by atoms with Crippen LogP contribution in [0.2, 0.25) is 0 Å². The summed E-state index contributed by atoms with van der Waals surface area (Å²) in [7, 11) is 0. The first kappa shape index (κ1) is 10.7. The van der Waals surface area contributed by atoms with Crippen molar-refractivity contribution in [2.45, 2.75) is 19.8 Å². The van der Waals surface area contributed by atoms with Crippen LogP contribution in [0.1, 0.15) is 19.8 Å². The lowest BCUT2D eigenvalue weighted by molar-refractivity contribution is -0.117. The quantitative estimate of drug-likeness (QED) is 0.621. The summed E-state index contributed by atoms with van der Waals surface area (Å²) in [6.07, 6.45) is 8.54. The molecule has 0 saturated heterocycles. The maximum Gasteiger partial charge on any atom is 0.217 e. The van der Waals surface area contributed by atoms with E-state index < -0.39 is 0 Å². The van der Waals surface area contributed by atoms with Gasteiger partial charge in [-0.3, -0.25) is 4.79 Å². The number of hydrogen-bond donors (Lipinski definition) is 1. The summed E-state index contributed by atoms with van der Waals surface area (Å²) in [5.74, 6) is -0.269. The van der Waals surface area contributed by atoms with Crippen molar-refractivity contribution in [2.24, 2.45) is 5.73 Å². The molecule has 0 aliphatic carbocycles. The minimum Gasteiger partial charge on any atom is -0.370 e. The second-order valence-corrected chi connectivity index (χ2v) is 2.44. The number of primary amides is 1. The SMILES string of the molecule is C=C/C=C(\C=C/C)CCC(N)=O. The third-order valence-corrected chi connectivity index (χ3v) is 1.37. The fourth-order valence-electron chi connectivity index (χ4n) is 0.855. The van der Waals surface area contributed by atoms with E-state index in [1.54, 1.807) is 6.08 Å². The number of rotatable bonds is 5. The summed E-state index contributed by atoms with van der Waals surface area (Å²) in [5, 5.41) is 0. The van der Waals surface area contributed by atoms with Crippen LogP contribution in [0.4, 0.5) is 0 Å². The van der Waals surface area contributed by atoms with Crippen molar-refractivity contribution in [3.8, 4) is 0 Å². The van der Waals surface area contributed by atoms with Crippen molar-refractivity contribution in [2.75, 3.05) is 0 Å². The molecular weight excluding hydrogens is 150 g/mol. The van der Waals surface area contributed by atoms with Crippen LogP contribution in [0.15, 0.2) is 36.5 Å². The van der Waals surface area contributed by atoms with E-state index in [4.69, 9.17) is 5.73 Å². The number of hydrogen-bond acceptors (Lipinski definition) is 1. The van der Waals surface area contributed by atoms with Crippen LogP contribution in [0.5, 0.6) is 0 Å². The van der Waals surface area contributed by atoms with Crippen molar-refractivity contribution in [3.63, 3.8) is 0 Å².